The zero-order valence-corrected chi connectivity index (χ0v) is 18.1. The molecule has 0 aliphatic carbocycles. The molecule has 31 heavy (non-hydrogen) atoms. The molecule has 0 radical (unpaired) electrons. The first kappa shape index (κ1) is 21.1. The molecule has 1 aromatic heterocycles. The molecule has 0 spiro atoms. The third-order valence-corrected chi connectivity index (χ3v) is 5.92. The molecule has 2 aromatic carbocycles. The van der Waals surface area contributed by atoms with Crippen molar-refractivity contribution in [2.24, 2.45) is 0 Å². The second kappa shape index (κ2) is 8.89. The molecule has 7 heteroatoms. The highest BCUT2D eigenvalue weighted by atomic mass is 16.5. The zero-order valence-electron chi connectivity index (χ0n) is 18.1. The first-order chi connectivity index (χ1) is 15.0. The number of piperidine rings is 1. The predicted molar refractivity (Wildman–Crippen MR) is 117 cm³/mol. The number of nitrogens with one attached hydrogen (secondary N) is 1. The monoisotopic (exact) mass is 426 g/mol. The average molecular weight is 426 g/mol. The highest BCUT2D eigenvalue weighted by Crippen LogP contribution is 2.41. The Bertz CT molecular complexity index is 1120. The van der Waals surface area contributed by atoms with Crippen molar-refractivity contribution in [3.63, 3.8) is 0 Å². The maximum Gasteiger partial charge on any atom is 0.203 e. The van der Waals surface area contributed by atoms with Crippen molar-refractivity contribution in [2.75, 3.05) is 34.4 Å². The van der Waals surface area contributed by atoms with Crippen LogP contribution in [-0.2, 0) is 6.54 Å². The van der Waals surface area contributed by atoms with Gasteiger partial charge in [-0.3, -0.25) is 4.79 Å². The summed E-state index contributed by atoms with van der Waals surface area (Å²) < 4.78 is 22.3. The van der Waals surface area contributed by atoms with Gasteiger partial charge < -0.3 is 28.6 Å². The van der Waals surface area contributed by atoms with E-state index < -0.39 is 0 Å². The summed E-state index contributed by atoms with van der Waals surface area (Å²) in [6.45, 7) is 2.70. The summed E-state index contributed by atoms with van der Waals surface area (Å²) in [5, 5.41) is 10.9. The number of hydrogen-bond donors (Lipinski definition) is 2. The Hall–Kier alpha value is -3.19. The SMILES string of the molecule is COc1cc(-c2cc(=O)c3c(C[NH+]4CCCCC4)c(O)ccc3o2)cc(OC)c1OC. The van der Waals surface area contributed by atoms with Gasteiger partial charge in [0.1, 0.15) is 23.6 Å². The molecule has 2 N–H and O–H groups in total. The summed E-state index contributed by atoms with van der Waals surface area (Å²) in [5.74, 6) is 1.94. The van der Waals surface area contributed by atoms with Gasteiger partial charge in [-0.25, -0.2) is 0 Å². The minimum absolute atomic E-state index is 0.137. The maximum atomic E-state index is 13.2. The molecule has 164 valence electrons. The smallest absolute Gasteiger partial charge is 0.203 e. The van der Waals surface area contributed by atoms with Gasteiger partial charge in [0.05, 0.1) is 45.4 Å². The number of fused-ring (bicyclic) bond motifs is 1. The molecule has 1 fully saturated rings. The van der Waals surface area contributed by atoms with Crippen molar-refractivity contribution in [1.29, 1.82) is 0 Å². The van der Waals surface area contributed by atoms with Gasteiger partial charge in [-0.1, -0.05) is 0 Å². The van der Waals surface area contributed by atoms with Crippen LogP contribution in [0.25, 0.3) is 22.3 Å². The lowest BCUT2D eigenvalue weighted by Gasteiger charge is -2.24. The van der Waals surface area contributed by atoms with Crippen molar-refractivity contribution in [3.05, 3.63) is 46.1 Å². The van der Waals surface area contributed by atoms with Crippen LogP contribution in [-0.4, -0.2) is 39.5 Å². The molecule has 0 bridgehead atoms. The van der Waals surface area contributed by atoms with E-state index in [1.54, 1.807) is 24.3 Å². The number of likely N-dealkylation sites (tertiary alicyclic amines) is 1. The summed E-state index contributed by atoms with van der Waals surface area (Å²) in [7, 11) is 4.61. The van der Waals surface area contributed by atoms with Crippen molar-refractivity contribution in [1.82, 2.24) is 0 Å². The molecule has 0 saturated carbocycles. The van der Waals surface area contributed by atoms with Crippen LogP contribution >= 0.6 is 0 Å². The fourth-order valence-electron chi connectivity index (χ4n) is 4.33. The lowest BCUT2D eigenvalue weighted by atomic mass is 10.0. The van der Waals surface area contributed by atoms with Crippen LogP contribution in [0.2, 0.25) is 0 Å². The van der Waals surface area contributed by atoms with E-state index in [0.717, 1.165) is 13.1 Å². The lowest BCUT2D eigenvalue weighted by Crippen LogP contribution is -3.11. The highest BCUT2D eigenvalue weighted by molar-refractivity contribution is 5.84. The Morgan fingerprint density at radius 3 is 2.26 bits per heavy atom. The minimum atomic E-state index is -0.188. The molecular weight excluding hydrogens is 398 g/mol. The Morgan fingerprint density at radius 2 is 1.65 bits per heavy atom. The molecule has 0 amide bonds. The summed E-state index contributed by atoms with van der Waals surface area (Å²) in [4.78, 5) is 14.5. The number of quaternary nitrogens is 1. The van der Waals surface area contributed by atoms with Crippen molar-refractivity contribution >= 4 is 11.0 Å². The Morgan fingerprint density at radius 1 is 0.968 bits per heavy atom. The lowest BCUT2D eigenvalue weighted by molar-refractivity contribution is -0.918. The number of hydrogen-bond acceptors (Lipinski definition) is 6. The summed E-state index contributed by atoms with van der Waals surface area (Å²) >= 11 is 0. The van der Waals surface area contributed by atoms with Gasteiger partial charge in [0.15, 0.2) is 16.9 Å². The number of rotatable bonds is 6. The number of ether oxygens (including phenoxy) is 3. The standard InChI is InChI=1S/C24H27NO6/c1-28-21-11-15(12-22(29-2)24(21)30-3)20-13-18(27)23-16(14-25-9-5-4-6-10-25)17(26)7-8-19(23)31-20/h7-8,11-13,26H,4-6,9-10,14H2,1-3H3/p+1. The van der Waals surface area contributed by atoms with Crippen LogP contribution < -0.4 is 24.5 Å². The van der Waals surface area contributed by atoms with Gasteiger partial charge in [0.25, 0.3) is 0 Å². The fraction of sp³-hybridized carbons (Fsp3) is 0.375. The van der Waals surface area contributed by atoms with Gasteiger partial charge in [-0.05, 0) is 43.5 Å². The molecular formula is C24H28NO6+. The Kier molecular flexibility index (Phi) is 6.04. The van der Waals surface area contributed by atoms with Crippen LogP contribution in [0.3, 0.4) is 0 Å². The van der Waals surface area contributed by atoms with Crippen molar-refractivity contribution < 1.29 is 28.6 Å². The topological polar surface area (TPSA) is 82.6 Å². The summed E-state index contributed by atoms with van der Waals surface area (Å²) in [6, 6.07) is 8.18. The molecule has 1 aliphatic heterocycles. The first-order valence-corrected chi connectivity index (χ1v) is 10.5. The van der Waals surface area contributed by atoms with Crippen LogP contribution in [0, 0.1) is 0 Å². The summed E-state index contributed by atoms with van der Waals surface area (Å²) in [6.07, 6.45) is 3.58. The van der Waals surface area contributed by atoms with Crippen LogP contribution in [0.15, 0.2) is 39.5 Å². The second-order valence-corrected chi connectivity index (χ2v) is 7.81. The molecule has 1 aliphatic rings. The molecule has 2 heterocycles. The van der Waals surface area contributed by atoms with Crippen LogP contribution in [0.4, 0.5) is 0 Å². The van der Waals surface area contributed by atoms with E-state index in [4.69, 9.17) is 18.6 Å². The van der Waals surface area contributed by atoms with E-state index in [-0.39, 0.29) is 11.2 Å². The van der Waals surface area contributed by atoms with Crippen LogP contribution in [0.1, 0.15) is 24.8 Å². The normalized spacial score (nSPS) is 14.5. The number of methoxy groups -OCH3 is 3. The van der Waals surface area contributed by atoms with E-state index in [1.807, 2.05) is 0 Å². The number of aromatic hydroxyl groups is 1. The van der Waals surface area contributed by atoms with E-state index in [2.05, 4.69) is 0 Å². The number of phenolic OH excluding ortho intramolecular Hbond substituents is 1. The van der Waals surface area contributed by atoms with E-state index in [1.165, 1.54) is 51.6 Å². The van der Waals surface area contributed by atoms with Crippen LogP contribution in [0.5, 0.6) is 23.0 Å². The first-order valence-electron chi connectivity index (χ1n) is 10.5. The van der Waals surface area contributed by atoms with E-state index in [0.29, 0.717) is 51.6 Å². The second-order valence-electron chi connectivity index (χ2n) is 7.81. The largest absolute Gasteiger partial charge is 0.507 e. The Balaban J connectivity index is 1.82. The van der Waals surface area contributed by atoms with Gasteiger partial charge in [-0.15, -0.1) is 0 Å². The molecule has 0 unspecified atom stereocenters. The van der Waals surface area contributed by atoms with Crippen molar-refractivity contribution in [2.45, 2.75) is 25.8 Å². The highest BCUT2D eigenvalue weighted by Gasteiger charge is 2.22. The Labute approximate surface area is 180 Å². The predicted octanol–water partition coefficient (Wildman–Crippen LogP) is 2.76. The molecule has 0 atom stereocenters. The quantitative estimate of drug-likeness (QED) is 0.631. The van der Waals surface area contributed by atoms with Gasteiger partial charge in [0, 0.05) is 11.6 Å². The number of phenols is 1. The minimum Gasteiger partial charge on any atom is -0.507 e. The fourth-order valence-corrected chi connectivity index (χ4v) is 4.33. The third kappa shape index (κ3) is 4.05. The molecule has 7 nitrogen and oxygen atoms in total. The summed E-state index contributed by atoms with van der Waals surface area (Å²) in [5.41, 5.74) is 1.54. The van der Waals surface area contributed by atoms with Gasteiger partial charge in [0.2, 0.25) is 5.75 Å². The average Bonchev–Trinajstić information content (AvgIpc) is 2.80. The zero-order chi connectivity index (χ0) is 22.0. The van der Waals surface area contributed by atoms with Gasteiger partial charge in [-0.2, -0.15) is 0 Å². The maximum absolute atomic E-state index is 13.2. The van der Waals surface area contributed by atoms with Crippen molar-refractivity contribution in [3.8, 4) is 34.3 Å². The van der Waals surface area contributed by atoms with E-state index >= 15 is 0 Å². The third-order valence-electron chi connectivity index (χ3n) is 5.92. The molecule has 1 saturated heterocycles. The van der Waals surface area contributed by atoms with Gasteiger partial charge >= 0.3 is 0 Å². The molecule has 3 aromatic rings. The van der Waals surface area contributed by atoms with E-state index in [9.17, 15) is 9.90 Å². The number of benzene rings is 2. The molecule has 4 rings (SSSR count).